The van der Waals surface area contributed by atoms with Gasteiger partial charge in [-0.3, -0.25) is 0 Å². The van der Waals surface area contributed by atoms with Crippen LogP contribution in [-0.4, -0.2) is 27.6 Å². The molecule has 2 aromatic heterocycles. The van der Waals surface area contributed by atoms with Crippen molar-refractivity contribution < 1.29 is 0 Å². The molecule has 2 heterocycles. The highest BCUT2D eigenvalue weighted by atomic mass is 28.3. The van der Waals surface area contributed by atoms with E-state index >= 15 is 0 Å². The molecule has 0 N–H and O–H groups in total. The molecule has 11 aromatic rings. The molecular weight excluding hydrogens is 821 g/mol. The monoisotopic (exact) mass is 858 g/mol. The first-order valence-corrected chi connectivity index (χ1v) is 23.8. The van der Waals surface area contributed by atoms with Crippen molar-refractivity contribution in [3.8, 4) is 57.0 Å². The summed E-state index contributed by atoms with van der Waals surface area (Å²) in [6.45, 7) is 7.90. The van der Waals surface area contributed by atoms with Gasteiger partial charge in [-0.1, -0.05) is 188 Å². The van der Waals surface area contributed by atoms with E-state index in [2.05, 4.69) is 149 Å². The first-order valence-electron chi connectivity index (χ1n) is 21.8. The van der Waals surface area contributed by atoms with E-state index in [0.717, 1.165) is 55.3 Å². The van der Waals surface area contributed by atoms with E-state index in [0.29, 0.717) is 28.7 Å². The van der Waals surface area contributed by atoms with Gasteiger partial charge >= 0.3 is 0 Å². The number of hydrogen-bond donors (Lipinski definition) is 0. The lowest BCUT2D eigenvalue weighted by Gasteiger charge is -2.34. The second kappa shape index (κ2) is 16.9. The number of rotatable bonds is 9. The van der Waals surface area contributed by atoms with Crippen molar-refractivity contribution in [2.45, 2.75) is 0 Å². The van der Waals surface area contributed by atoms with Gasteiger partial charge in [-0.15, -0.1) is 0 Å². The molecule has 0 saturated carbocycles. The third-order valence-corrected chi connectivity index (χ3v) is 17.2. The maximum atomic E-state index is 10.1. The Kier molecular flexibility index (Phi) is 10.2. The van der Waals surface area contributed by atoms with Gasteiger partial charge in [-0.05, 0) is 79.7 Å². The fourth-order valence-corrected chi connectivity index (χ4v) is 14.2. The first-order chi connectivity index (χ1) is 32.6. The van der Waals surface area contributed by atoms with E-state index in [1.807, 2.05) is 97.1 Å². The number of fused-ring (bicyclic) bond motifs is 3. The van der Waals surface area contributed by atoms with Crippen LogP contribution in [0.15, 0.2) is 231 Å². The van der Waals surface area contributed by atoms with Gasteiger partial charge in [0.25, 0.3) is 0 Å². The molecular formula is C59H38N6Si. The molecule has 0 amide bonds. The molecule has 7 heteroatoms. The quantitative estimate of drug-likeness (QED) is 0.0823. The molecule has 0 aliphatic carbocycles. The summed E-state index contributed by atoms with van der Waals surface area (Å²) >= 11 is 0. The highest BCUT2D eigenvalue weighted by Gasteiger charge is 2.41. The minimum atomic E-state index is -2.85. The zero-order valence-electron chi connectivity index (χ0n) is 35.6. The molecule has 11 rings (SSSR count). The molecule has 0 spiro atoms. The number of nitriles is 1. The van der Waals surface area contributed by atoms with Gasteiger partial charge < -0.3 is 4.57 Å². The minimum absolute atomic E-state index is 0.517. The van der Waals surface area contributed by atoms with E-state index in [4.69, 9.17) is 21.5 Å². The van der Waals surface area contributed by atoms with Gasteiger partial charge in [0, 0.05) is 22.1 Å². The summed E-state index contributed by atoms with van der Waals surface area (Å²) in [7, 11) is -2.85. The smallest absolute Gasteiger partial charge is 0.188 e. The molecule has 0 bridgehead atoms. The average Bonchev–Trinajstić information content (AvgIpc) is 3.72. The normalized spacial score (nSPS) is 11.3. The SMILES string of the molecule is [C-]#[N+]c1ccc2c(c1)c1cc(C#N)ccc1n2-c1cc(-c2cccc([Si](c3ccccc3)(c3ccccc3)c3ccccc3)c2)ccc1-c1nc(-c2ccccc2)nc(-c2ccccc2)n1. The molecule has 0 radical (unpaired) electrons. The van der Waals surface area contributed by atoms with Crippen LogP contribution in [0.25, 0.3) is 77.6 Å². The van der Waals surface area contributed by atoms with Crippen molar-refractivity contribution in [1.29, 1.82) is 5.26 Å². The van der Waals surface area contributed by atoms with Gasteiger partial charge in [0.2, 0.25) is 0 Å². The Hall–Kier alpha value is -9.01. The van der Waals surface area contributed by atoms with Gasteiger partial charge in [0.05, 0.1) is 34.9 Å². The second-order valence-electron chi connectivity index (χ2n) is 16.2. The molecule has 0 fully saturated rings. The second-order valence-corrected chi connectivity index (χ2v) is 20.0. The van der Waals surface area contributed by atoms with Gasteiger partial charge in [-0.2, -0.15) is 5.26 Å². The Morgan fingerprint density at radius 2 is 0.894 bits per heavy atom. The van der Waals surface area contributed by atoms with Crippen molar-refractivity contribution in [3.63, 3.8) is 0 Å². The minimum Gasteiger partial charge on any atom is -0.309 e. The summed E-state index contributed by atoms with van der Waals surface area (Å²) in [5.41, 5.74) is 8.32. The average molecular weight is 859 g/mol. The third-order valence-electron chi connectivity index (χ3n) is 12.4. The number of aromatic nitrogens is 4. The summed E-state index contributed by atoms with van der Waals surface area (Å²) in [5.74, 6) is 1.64. The first kappa shape index (κ1) is 39.8. The van der Waals surface area contributed by atoms with Crippen molar-refractivity contribution in [2.75, 3.05) is 0 Å². The van der Waals surface area contributed by atoms with Crippen LogP contribution in [0.3, 0.4) is 0 Å². The van der Waals surface area contributed by atoms with E-state index < -0.39 is 8.07 Å². The molecule has 9 aromatic carbocycles. The van der Waals surface area contributed by atoms with Crippen LogP contribution in [0, 0.1) is 17.9 Å². The summed E-state index contributed by atoms with van der Waals surface area (Å²) in [4.78, 5) is 19.3. The molecule has 6 nitrogen and oxygen atoms in total. The van der Waals surface area contributed by atoms with Crippen LogP contribution >= 0.6 is 0 Å². The third kappa shape index (κ3) is 6.94. The summed E-state index contributed by atoms with van der Waals surface area (Å²) in [5, 5.41) is 17.0. The Labute approximate surface area is 383 Å². The van der Waals surface area contributed by atoms with Gasteiger partial charge in [0.1, 0.15) is 0 Å². The highest BCUT2D eigenvalue weighted by Crippen LogP contribution is 2.40. The fraction of sp³-hybridized carbons (Fsp3) is 0. The van der Waals surface area contributed by atoms with E-state index in [1.165, 1.54) is 20.7 Å². The maximum absolute atomic E-state index is 10.1. The lowest BCUT2D eigenvalue weighted by atomic mass is 10.0. The number of benzene rings is 9. The molecule has 66 heavy (non-hydrogen) atoms. The van der Waals surface area contributed by atoms with E-state index in [-0.39, 0.29) is 0 Å². The Morgan fingerprint density at radius 3 is 1.44 bits per heavy atom. The standard InChI is InChI=1S/C59H38N6Si/c1-61-46-32-35-55-53(39-46)52-36-41(40-60)30-34-54(52)65(55)56-38-45(31-33-51(56)59-63-57(42-18-7-2-8-19-42)62-58(64-59)43-20-9-3-10-21-43)44-22-17-29-50(37-44)66(47-23-11-4-12-24-47,48-25-13-5-14-26-48)49-27-15-6-16-28-49/h2-39H. The molecule has 0 aliphatic heterocycles. The summed E-state index contributed by atoms with van der Waals surface area (Å²) < 4.78 is 2.23. The van der Waals surface area contributed by atoms with Crippen molar-refractivity contribution >= 4 is 56.3 Å². The summed E-state index contributed by atoms with van der Waals surface area (Å²) in [6, 6.07) is 82.4. The zero-order valence-corrected chi connectivity index (χ0v) is 36.6. The largest absolute Gasteiger partial charge is 0.309 e. The van der Waals surface area contributed by atoms with Gasteiger partial charge in [-0.25, -0.2) is 19.8 Å². The molecule has 0 unspecified atom stereocenters. The highest BCUT2D eigenvalue weighted by molar-refractivity contribution is 7.19. The van der Waals surface area contributed by atoms with Crippen molar-refractivity contribution in [2.24, 2.45) is 0 Å². The molecule has 0 aliphatic rings. The van der Waals surface area contributed by atoms with Gasteiger partial charge in [0.15, 0.2) is 31.2 Å². The van der Waals surface area contributed by atoms with Crippen LogP contribution in [0.2, 0.25) is 0 Å². The van der Waals surface area contributed by atoms with Crippen LogP contribution in [0.5, 0.6) is 0 Å². The zero-order chi connectivity index (χ0) is 44.5. The Bertz CT molecular complexity index is 3430. The van der Waals surface area contributed by atoms with Crippen LogP contribution in [0.1, 0.15) is 5.56 Å². The predicted molar refractivity (Wildman–Crippen MR) is 271 cm³/mol. The topological polar surface area (TPSA) is 71.8 Å². The van der Waals surface area contributed by atoms with E-state index in [9.17, 15) is 5.26 Å². The van der Waals surface area contributed by atoms with Crippen LogP contribution in [0.4, 0.5) is 5.69 Å². The van der Waals surface area contributed by atoms with Crippen LogP contribution in [-0.2, 0) is 0 Å². The Balaban J connectivity index is 1.20. The lowest BCUT2D eigenvalue weighted by Crippen LogP contribution is -2.74. The summed E-state index contributed by atoms with van der Waals surface area (Å²) in [6.07, 6.45) is 0. The van der Waals surface area contributed by atoms with E-state index in [1.54, 1.807) is 0 Å². The maximum Gasteiger partial charge on any atom is 0.188 e. The number of hydrogen-bond acceptors (Lipinski definition) is 4. The predicted octanol–water partition coefficient (Wildman–Crippen LogP) is 11.4. The lowest BCUT2D eigenvalue weighted by molar-refractivity contribution is 1.06. The number of nitrogens with zero attached hydrogens (tertiary/aromatic N) is 6. The van der Waals surface area contributed by atoms with Crippen LogP contribution < -0.4 is 20.7 Å². The van der Waals surface area contributed by atoms with Crippen molar-refractivity contribution in [3.05, 3.63) is 248 Å². The van der Waals surface area contributed by atoms with Crippen molar-refractivity contribution in [1.82, 2.24) is 19.5 Å². The Morgan fingerprint density at radius 1 is 0.424 bits per heavy atom. The molecule has 0 saturated heterocycles. The fourth-order valence-electron chi connectivity index (χ4n) is 9.42. The molecule has 0 atom stereocenters. The molecule has 308 valence electrons.